The van der Waals surface area contributed by atoms with Gasteiger partial charge in [0.1, 0.15) is 11.6 Å². The summed E-state index contributed by atoms with van der Waals surface area (Å²) in [6.07, 6.45) is 4.57. The van der Waals surface area contributed by atoms with Gasteiger partial charge in [-0.3, -0.25) is 4.79 Å². The van der Waals surface area contributed by atoms with Gasteiger partial charge in [0.25, 0.3) is 0 Å². The number of benzene rings is 1. The molecule has 2 aromatic heterocycles. The Balaban J connectivity index is 1.51. The largest absolute Gasteiger partial charge is 0.381 e. The predicted molar refractivity (Wildman–Crippen MR) is 137 cm³/mol. The van der Waals surface area contributed by atoms with Crippen LogP contribution in [0.25, 0.3) is 16.7 Å². The molecule has 0 radical (unpaired) electrons. The Bertz CT molecular complexity index is 1180. The van der Waals surface area contributed by atoms with E-state index in [1.165, 1.54) is 0 Å². The second-order valence-electron chi connectivity index (χ2n) is 10.1. The highest BCUT2D eigenvalue weighted by Gasteiger charge is 2.33. The first kappa shape index (κ1) is 24.0. The van der Waals surface area contributed by atoms with E-state index >= 15 is 0 Å². The molecule has 0 spiro atoms. The van der Waals surface area contributed by atoms with E-state index in [1.54, 1.807) is 0 Å². The number of anilines is 1. The van der Waals surface area contributed by atoms with Crippen LogP contribution in [0.15, 0.2) is 36.5 Å². The minimum absolute atomic E-state index is 0.113. The van der Waals surface area contributed by atoms with Gasteiger partial charge in [-0.25, -0.2) is 14.6 Å². The molecule has 0 bridgehead atoms. The van der Waals surface area contributed by atoms with Gasteiger partial charge in [-0.1, -0.05) is 18.2 Å². The molecular weight excluding hydrogens is 464 g/mol. The first-order chi connectivity index (χ1) is 17.0. The van der Waals surface area contributed by atoms with Crippen molar-refractivity contribution in [2.45, 2.75) is 39.0 Å². The van der Waals surface area contributed by atoms with E-state index in [2.05, 4.69) is 4.90 Å². The molecule has 2 saturated heterocycles. The van der Waals surface area contributed by atoms with E-state index in [9.17, 15) is 4.79 Å². The molecule has 0 atom stereocenters. The summed E-state index contributed by atoms with van der Waals surface area (Å²) in [5, 5.41) is 5.64. The Kier molecular flexibility index (Phi) is 6.93. The van der Waals surface area contributed by atoms with E-state index in [0.29, 0.717) is 19.0 Å². The summed E-state index contributed by atoms with van der Waals surface area (Å²) in [6.45, 7) is 8.19. The summed E-state index contributed by atoms with van der Waals surface area (Å²) in [5.74, 6) is 2.45. The maximum absolute atomic E-state index is 13.1. The Morgan fingerprint density at radius 3 is 2.60 bits per heavy atom. The molecule has 1 amide bonds. The SMILES string of the molecule is CC(C)(CCl)C(=O)N1CCCN(c2nc(C3CCOCC3)nc3c2cnn3-c2ccccc2)CC1. The molecule has 5 rings (SSSR count). The number of aromatic nitrogens is 4. The average Bonchev–Trinajstić information content (AvgIpc) is 3.18. The van der Waals surface area contributed by atoms with Crippen LogP contribution in [0.1, 0.15) is 44.9 Å². The minimum Gasteiger partial charge on any atom is -0.381 e. The Labute approximate surface area is 211 Å². The third-order valence-corrected chi connectivity index (χ3v) is 7.68. The number of halogens is 1. The molecule has 0 unspecified atom stereocenters. The van der Waals surface area contributed by atoms with Crippen molar-refractivity contribution in [2.24, 2.45) is 5.41 Å². The Hall–Kier alpha value is -2.71. The summed E-state index contributed by atoms with van der Waals surface area (Å²) < 4.78 is 7.49. The normalized spacial score (nSPS) is 18.1. The summed E-state index contributed by atoms with van der Waals surface area (Å²) in [6, 6.07) is 10.1. The van der Waals surface area contributed by atoms with Gasteiger partial charge >= 0.3 is 0 Å². The van der Waals surface area contributed by atoms with Crippen molar-refractivity contribution in [1.29, 1.82) is 0 Å². The van der Waals surface area contributed by atoms with Crippen molar-refractivity contribution < 1.29 is 9.53 Å². The van der Waals surface area contributed by atoms with Crippen LogP contribution < -0.4 is 4.90 Å². The van der Waals surface area contributed by atoms with E-state index in [4.69, 9.17) is 31.4 Å². The molecule has 2 aliphatic rings. The zero-order chi connectivity index (χ0) is 24.4. The van der Waals surface area contributed by atoms with E-state index in [1.807, 2.05) is 60.0 Å². The van der Waals surface area contributed by atoms with Crippen molar-refractivity contribution >= 4 is 34.4 Å². The van der Waals surface area contributed by atoms with E-state index in [0.717, 1.165) is 73.9 Å². The van der Waals surface area contributed by atoms with Crippen molar-refractivity contribution in [2.75, 3.05) is 50.2 Å². The first-order valence-electron chi connectivity index (χ1n) is 12.5. The number of hydrogen-bond donors (Lipinski definition) is 0. The summed E-state index contributed by atoms with van der Waals surface area (Å²) in [7, 11) is 0. The lowest BCUT2D eigenvalue weighted by Gasteiger charge is -2.30. The molecule has 9 heteroatoms. The molecule has 35 heavy (non-hydrogen) atoms. The quantitative estimate of drug-likeness (QED) is 0.497. The molecule has 1 aromatic carbocycles. The molecule has 8 nitrogen and oxygen atoms in total. The van der Waals surface area contributed by atoms with Crippen molar-refractivity contribution in [3.05, 3.63) is 42.4 Å². The Morgan fingerprint density at radius 2 is 1.86 bits per heavy atom. The number of carbonyl (C=O) groups is 1. The minimum atomic E-state index is -0.564. The number of nitrogens with zero attached hydrogens (tertiary/aromatic N) is 6. The van der Waals surface area contributed by atoms with Gasteiger partial charge in [0.05, 0.1) is 22.7 Å². The second-order valence-corrected chi connectivity index (χ2v) is 10.3. The van der Waals surface area contributed by atoms with Crippen LogP contribution in [0.4, 0.5) is 5.82 Å². The van der Waals surface area contributed by atoms with Crippen LogP contribution in [-0.2, 0) is 9.53 Å². The smallest absolute Gasteiger partial charge is 0.229 e. The highest BCUT2D eigenvalue weighted by atomic mass is 35.5. The molecular formula is C26H33ClN6O2. The molecule has 0 aliphatic carbocycles. The van der Waals surface area contributed by atoms with Crippen molar-refractivity contribution in [1.82, 2.24) is 24.6 Å². The number of alkyl halides is 1. The van der Waals surface area contributed by atoms with E-state index < -0.39 is 5.41 Å². The number of fused-ring (bicyclic) bond motifs is 1. The standard InChI is InChI=1S/C26H33ClN6O2/c1-26(2,18-27)25(34)32-12-6-11-31(13-14-32)23-21-17-28-33(20-7-4-3-5-8-20)24(21)30-22(29-23)19-9-15-35-16-10-19/h3-5,7-8,17,19H,6,9-16,18H2,1-2H3. The number of rotatable bonds is 5. The lowest BCUT2D eigenvalue weighted by atomic mass is 9.94. The zero-order valence-corrected chi connectivity index (χ0v) is 21.2. The van der Waals surface area contributed by atoms with Gasteiger partial charge in [0, 0.05) is 51.2 Å². The molecule has 186 valence electrons. The molecule has 2 aliphatic heterocycles. The summed E-state index contributed by atoms with van der Waals surface area (Å²) >= 11 is 6.09. The zero-order valence-electron chi connectivity index (χ0n) is 20.5. The lowest BCUT2D eigenvalue weighted by molar-refractivity contribution is -0.139. The topological polar surface area (TPSA) is 76.4 Å². The number of hydrogen-bond acceptors (Lipinski definition) is 6. The number of carbonyl (C=O) groups excluding carboxylic acids is 1. The second kappa shape index (κ2) is 10.1. The maximum atomic E-state index is 13.1. The number of para-hydroxylation sites is 1. The van der Waals surface area contributed by atoms with Gasteiger partial charge in [0.15, 0.2) is 5.65 Å². The van der Waals surface area contributed by atoms with Gasteiger partial charge < -0.3 is 14.5 Å². The van der Waals surface area contributed by atoms with Crippen LogP contribution in [-0.4, -0.2) is 75.8 Å². The number of ether oxygens (including phenoxy) is 1. The molecule has 4 heterocycles. The average molecular weight is 497 g/mol. The monoisotopic (exact) mass is 496 g/mol. The van der Waals surface area contributed by atoms with Crippen LogP contribution in [0.2, 0.25) is 0 Å². The van der Waals surface area contributed by atoms with Crippen LogP contribution in [0.5, 0.6) is 0 Å². The molecule has 0 N–H and O–H groups in total. The van der Waals surface area contributed by atoms with Crippen LogP contribution in [0.3, 0.4) is 0 Å². The highest BCUT2D eigenvalue weighted by Crippen LogP contribution is 2.32. The third kappa shape index (κ3) is 4.86. The molecule has 2 fully saturated rings. The molecule has 0 saturated carbocycles. The maximum Gasteiger partial charge on any atom is 0.229 e. The summed E-state index contributed by atoms with van der Waals surface area (Å²) in [4.78, 5) is 27.4. The van der Waals surface area contributed by atoms with E-state index in [-0.39, 0.29) is 11.8 Å². The summed E-state index contributed by atoms with van der Waals surface area (Å²) in [5.41, 5.74) is 1.23. The first-order valence-corrected chi connectivity index (χ1v) is 13.0. The van der Waals surface area contributed by atoms with Crippen molar-refractivity contribution in [3.63, 3.8) is 0 Å². The molecule has 3 aromatic rings. The van der Waals surface area contributed by atoms with Gasteiger partial charge in [-0.15, -0.1) is 11.6 Å². The van der Waals surface area contributed by atoms with Crippen LogP contribution in [0, 0.1) is 5.41 Å². The number of amides is 1. The third-order valence-electron chi connectivity index (χ3n) is 7.01. The Morgan fingerprint density at radius 1 is 1.09 bits per heavy atom. The van der Waals surface area contributed by atoms with Gasteiger partial charge in [0.2, 0.25) is 5.91 Å². The lowest BCUT2D eigenvalue weighted by Crippen LogP contribution is -2.43. The van der Waals surface area contributed by atoms with Crippen LogP contribution >= 0.6 is 11.6 Å². The van der Waals surface area contributed by atoms with Crippen molar-refractivity contribution in [3.8, 4) is 5.69 Å². The fourth-order valence-corrected chi connectivity index (χ4v) is 4.98. The van der Waals surface area contributed by atoms with Gasteiger partial charge in [-0.05, 0) is 45.2 Å². The fraction of sp³-hybridized carbons (Fsp3) is 0.538. The van der Waals surface area contributed by atoms with Gasteiger partial charge in [-0.2, -0.15) is 5.10 Å². The highest BCUT2D eigenvalue weighted by molar-refractivity contribution is 6.19. The predicted octanol–water partition coefficient (Wildman–Crippen LogP) is 4.01. The fourth-order valence-electron chi connectivity index (χ4n) is 4.86.